The SMILES string of the molecule is CC1CN(S(=O)(=O)c2ccc(OC3CCCC3)cc2)C(C)CO1. The van der Waals surface area contributed by atoms with Gasteiger partial charge in [-0.1, -0.05) is 0 Å². The molecule has 3 rings (SSSR count). The van der Waals surface area contributed by atoms with Crippen molar-refractivity contribution in [1.29, 1.82) is 0 Å². The Labute approximate surface area is 138 Å². The lowest BCUT2D eigenvalue weighted by atomic mass is 10.2. The molecule has 5 nitrogen and oxygen atoms in total. The lowest BCUT2D eigenvalue weighted by molar-refractivity contribution is -0.0170. The first-order valence-corrected chi connectivity index (χ1v) is 9.81. The van der Waals surface area contributed by atoms with Crippen molar-refractivity contribution in [3.05, 3.63) is 24.3 Å². The first-order chi connectivity index (χ1) is 11.0. The normalized spacial score (nSPS) is 27.2. The molecular formula is C17H25NO4S. The number of morpholine rings is 1. The monoisotopic (exact) mass is 339 g/mol. The van der Waals surface area contributed by atoms with Crippen molar-refractivity contribution in [2.24, 2.45) is 0 Å². The summed E-state index contributed by atoms with van der Waals surface area (Å²) in [7, 11) is -3.49. The Kier molecular flexibility index (Phi) is 4.94. The molecule has 1 aromatic carbocycles. The van der Waals surface area contributed by atoms with Gasteiger partial charge in [0.1, 0.15) is 5.75 Å². The van der Waals surface area contributed by atoms with Gasteiger partial charge in [-0.2, -0.15) is 4.31 Å². The van der Waals surface area contributed by atoms with E-state index in [1.807, 2.05) is 13.8 Å². The summed E-state index contributed by atoms with van der Waals surface area (Å²) >= 11 is 0. The second kappa shape index (κ2) is 6.79. The van der Waals surface area contributed by atoms with E-state index >= 15 is 0 Å². The van der Waals surface area contributed by atoms with Crippen LogP contribution in [0.3, 0.4) is 0 Å². The highest BCUT2D eigenvalue weighted by atomic mass is 32.2. The summed E-state index contributed by atoms with van der Waals surface area (Å²) in [6, 6.07) is 6.67. The van der Waals surface area contributed by atoms with E-state index in [-0.39, 0.29) is 18.2 Å². The number of ether oxygens (including phenoxy) is 2. The Morgan fingerprint density at radius 3 is 2.43 bits per heavy atom. The quantitative estimate of drug-likeness (QED) is 0.846. The van der Waals surface area contributed by atoms with Gasteiger partial charge in [-0.25, -0.2) is 8.42 Å². The molecule has 2 atom stereocenters. The van der Waals surface area contributed by atoms with Crippen LogP contribution < -0.4 is 4.74 Å². The van der Waals surface area contributed by atoms with Gasteiger partial charge in [0.05, 0.1) is 23.7 Å². The van der Waals surface area contributed by atoms with Gasteiger partial charge in [0.15, 0.2) is 0 Å². The van der Waals surface area contributed by atoms with Crippen LogP contribution in [0.5, 0.6) is 5.75 Å². The van der Waals surface area contributed by atoms with Crippen molar-refractivity contribution in [3.63, 3.8) is 0 Å². The minimum Gasteiger partial charge on any atom is -0.490 e. The zero-order valence-electron chi connectivity index (χ0n) is 13.8. The number of nitrogens with zero attached hydrogens (tertiary/aromatic N) is 1. The van der Waals surface area contributed by atoms with Gasteiger partial charge in [-0.05, 0) is 63.8 Å². The van der Waals surface area contributed by atoms with Crippen molar-refractivity contribution < 1.29 is 17.9 Å². The Morgan fingerprint density at radius 1 is 1.13 bits per heavy atom. The number of benzene rings is 1. The summed E-state index contributed by atoms with van der Waals surface area (Å²) in [6.45, 7) is 4.60. The smallest absolute Gasteiger partial charge is 0.243 e. The fourth-order valence-electron chi connectivity index (χ4n) is 3.23. The molecule has 2 unspecified atom stereocenters. The van der Waals surface area contributed by atoms with Crippen molar-refractivity contribution >= 4 is 10.0 Å². The summed E-state index contributed by atoms with van der Waals surface area (Å²) in [5.41, 5.74) is 0. The molecule has 1 aliphatic heterocycles. The molecule has 128 valence electrons. The van der Waals surface area contributed by atoms with E-state index < -0.39 is 10.0 Å². The van der Waals surface area contributed by atoms with Crippen molar-refractivity contribution in [3.8, 4) is 5.75 Å². The highest BCUT2D eigenvalue weighted by Gasteiger charge is 2.34. The van der Waals surface area contributed by atoms with Crippen LogP contribution in [0.4, 0.5) is 0 Å². The summed E-state index contributed by atoms with van der Waals surface area (Å²) in [6.07, 6.45) is 4.80. The fourth-order valence-corrected chi connectivity index (χ4v) is 4.92. The molecule has 2 aliphatic rings. The molecule has 1 aromatic rings. The molecule has 0 spiro atoms. The Balaban J connectivity index is 1.74. The van der Waals surface area contributed by atoms with E-state index in [0.717, 1.165) is 18.6 Å². The van der Waals surface area contributed by atoms with Crippen LogP contribution in [0, 0.1) is 0 Å². The van der Waals surface area contributed by atoms with E-state index in [0.29, 0.717) is 18.0 Å². The summed E-state index contributed by atoms with van der Waals surface area (Å²) in [5.74, 6) is 0.749. The van der Waals surface area contributed by atoms with Crippen LogP contribution in [0.15, 0.2) is 29.2 Å². The van der Waals surface area contributed by atoms with E-state index in [1.54, 1.807) is 24.3 Å². The van der Waals surface area contributed by atoms with Crippen molar-refractivity contribution in [2.45, 2.75) is 62.7 Å². The zero-order chi connectivity index (χ0) is 16.4. The third kappa shape index (κ3) is 3.70. The average Bonchev–Trinajstić information content (AvgIpc) is 3.03. The largest absolute Gasteiger partial charge is 0.490 e. The third-order valence-corrected chi connectivity index (χ3v) is 6.58. The van der Waals surface area contributed by atoms with E-state index in [2.05, 4.69) is 0 Å². The van der Waals surface area contributed by atoms with Gasteiger partial charge >= 0.3 is 0 Å². The van der Waals surface area contributed by atoms with Crippen LogP contribution in [0.1, 0.15) is 39.5 Å². The minimum absolute atomic E-state index is 0.0778. The molecule has 0 N–H and O–H groups in total. The average molecular weight is 339 g/mol. The number of rotatable bonds is 4. The van der Waals surface area contributed by atoms with Crippen LogP contribution in [-0.2, 0) is 14.8 Å². The molecule has 0 bridgehead atoms. The van der Waals surface area contributed by atoms with E-state index in [4.69, 9.17) is 9.47 Å². The Hall–Kier alpha value is -1.11. The molecule has 0 radical (unpaired) electrons. The topological polar surface area (TPSA) is 55.8 Å². The Bertz CT molecular complexity index is 622. The molecule has 1 saturated carbocycles. The second-order valence-corrected chi connectivity index (χ2v) is 8.45. The molecule has 6 heteroatoms. The first kappa shape index (κ1) is 16.7. The molecule has 2 fully saturated rings. The lowest BCUT2D eigenvalue weighted by Crippen LogP contribution is -2.50. The Morgan fingerprint density at radius 2 is 1.78 bits per heavy atom. The minimum atomic E-state index is -3.49. The van der Waals surface area contributed by atoms with Gasteiger partial charge in [0.2, 0.25) is 10.0 Å². The lowest BCUT2D eigenvalue weighted by Gasteiger charge is -2.35. The van der Waals surface area contributed by atoms with Crippen LogP contribution >= 0.6 is 0 Å². The maximum absolute atomic E-state index is 12.8. The fraction of sp³-hybridized carbons (Fsp3) is 0.647. The summed E-state index contributed by atoms with van der Waals surface area (Å²) in [5, 5.41) is 0. The first-order valence-electron chi connectivity index (χ1n) is 8.37. The number of hydrogen-bond acceptors (Lipinski definition) is 4. The van der Waals surface area contributed by atoms with E-state index in [1.165, 1.54) is 17.1 Å². The predicted octanol–water partition coefficient (Wildman–Crippen LogP) is 2.81. The zero-order valence-corrected chi connectivity index (χ0v) is 14.6. The van der Waals surface area contributed by atoms with Gasteiger partial charge in [0, 0.05) is 12.6 Å². The third-order valence-electron chi connectivity index (χ3n) is 4.59. The maximum Gasteiger partial charge on any atom is 0.243 e. The molecular weight excluding hydrogens is 314 g/mol. The molecule has 23 heavy (non-hydrogen) atoms. The van der Waals surface area contributed by atoms with Crippen molar-refractivity contribution in [2.75, 3.05) is 13.2 Å². The second-order valence-electron chi connectivity index (χ2n) is 6.56. The van der Waals surface area contributed by atoms with Gasteiger partial charge < -0.3 is 9.47 Å². The molecule has 1 saturated heterocycles. The van der Waals surface area contributed by atoms with Gasteiger partial charge in [0.25, 0.3) is 0 Å². The highest BCUT2D eigenvalue weighted by molar-refractivity contribution is 7.89. The van der Waals surface area contributed by atoms with Crippen LogP contribution in [0.2, 0.25) is 0 Å². The molecule has 1 heterocycles. The molecule has 0 aromatic heterocycles. The maximum atomic E-state index is 12.8. The summed E-state index contributed by atoms with van der Waals surface area (Å²) < 4.78 is 38.6. The van der Waals surface area contributed by atoms with E-state index in [9.17, 15) is 8.42 Å². The number of hydrogen-bond donors (Lipinski definition) is 0. The molecule has 0 amide bonds. The highest BCUT2D eigenvalue weighted by Crippen LogP contribution is 2.27. The van der Waals surface area contributed by atoms with Gasteiger partial charge in [-0.15, -0.1) is 0 Å². The van der Waals surface area contributed by atoms with Crippen molar-refractivity contribution in [1.82, 2.24) is 4.31 Å². The summed E-state index contributed by atoms with van der Waals surface area (Å²) in [4.78, 5) is 0.317. The standard InChI is InChI=1S/C17H25NO4S/c1-13-12-21-14(2)11-18(13)23(19,20)17-9-7-16(8-10-17)22-15-5-3-4-6-15/h7-10,13-15H,3-6,11-12H2,1-2H3. The number of sulfonamides is 1. The van der Waals surface area contributed by atoms with Crippen LogP contribution in [0.25, 0.3) is 0 Å². The van der Waals surface area contributed by atoms with Gasteiger partial charge in [-0.3, -0.25) is 0 Å². The van der Waals surface area contributed by atoms with Crippen LogP contribution in [-0.4, -0.2) is 44.1 Å². The predicted molar refractivity (Wildman–Crippen MR) is 88.1 cm³/mol. The molecule has 1 aliphatic carbocycles.